The minimum atomic E-state index is -0.229. The number of fused-ring (bicyclic) bond motifs is 1. The number of anilines is 1. The molecule has 0 saturated carbocycles. The molecule has 5 rings (SSSR count). The van der Waals surface area contributed by atoms with Gasteiger partial charge in [-0.2, -0.15) is 0 Å². The molecular formula is C24H17N3O2S2. The number of aromatic nitrogens is 2. The topological polar surface area (TPSA) is 64.1 Å². The average molecular weight is 444 g/mol. The number of benzene rings is 2. The van der Waals surface area contributed by atoms with Crippen LogP contribution in [0.5, 0.6) is 5.75 Å². The molecule has 1 amide bonds. The van der Waals surface area contributed by atoms with Gasteiger partial charge in [-0.3, -0.25) is 4.79 Å². The Labute approximate surface area is 187 Å². The van der Waals surface area contributed by atoms with E-state index in [0.717, 1.165) is 26.7 Å². The van der Waals surface area contributed by atoms with Crippen molar-refractivity contribution in [3.63, 3.8) is 0 Å². The van der Waals surface area contributed by atoms with Gasteiger partial charge in [-0.15, -0.1) is 22.7 Å². The highest BCUT2D eigenvalue weighted by Gasteiger charge is 2.16. The predicted octanol–water partition coefficient (Wildman–Crippen LogP) is 6.35. The van der Waals surface area contributed by atoms with Gasteiger partial charge in [0.05, 0.1) is 33.6 Å². The third kappa shape index (κ3) is 3.81. The maximum absolute atomic E-state index is 12.9. The minimum absolute atomic E-state index is 0.229. The molecule has 0 aliphatic rings. The average Bonchev–Trinajstić information content (AvgIpc) is 3.52. The van der Waals surface area contributed by atoms with Crippen molar-refractivity contribution >= 4 is 45.3 Å². The van der Waals surface area contributed by atoms with Crippen LogP contribution in [-0.2, 0) is 0 Å². The number of hydrogen-bond acceptors (Lipinski definition) is 6. The van der Waals surface area contributed by atoms with E-state index in [1.165, 1.54) is 0 Å². The lowest BCUT2D eigenvalue weighted by molar-refractivity contribution is 0.102. The van der Waals surface area contributed by atoms with Crippen molar-refractivity contribution in [2.24, 2.45) is 0 Å². The predicted molar refractivity (Wildman–Crippen MR) is 127 cm³/mol. The number of rotatable bonds is 5. The summed E-state index contributed by atoms with van der Waals surface area (Å²) in [4.78, 5) is 24.8. The summed E-state index contributed by atoms with van der Waals surface area (Å²) in [5, 5.41) is 6.97. The number of methoxy groups -OCH3 is 1. The first-order valence-corrected chi connectivity index (χ1v) is 11.3. The largest absolute Gasteiger partial charge is 0.495 e. The molecule has 1 N–H and O–H groups in total. The van der Waals surface area contributed by atoms with E-state index in [0.29, 0.717) is 22.5 Å². The Kier molecular flexibility index (Phi) is 5.19. The first-order valence-electron chi connectivity index (χ1n) is 9.57. The molecule has 0 saturated heterocycles. The minimum Gasteiger partial charge on any atom is -0.495 e. The lowest BCUT2D eigenvalue weighted by atomic mass is 10.1. The molecule has 0 aliphatic heterocycles. The molecule has 3 aromatic heterocycles. The Morgan fingerprint density at radius 2 is 1.52 bits per heavy atom. The summed E-state index contributed by atoms with van der Waals surface area (Å²) in [6.45, 7) is 0. The maximum atomic E-state index is 12.9. The second-order valence-electron chi connectivity index (χ2n) is 6.73. The Morgan fingerprint density at radius 3 is 2.16 bits per heavy atom. The Bertz CT molecular complexity index is 1360. The molecule has 0 bridgehead atoms. The van der Waals surface area contributed by atoms with E-state index in [-0.39, 0.29) is 5.91 Å². The van der Waals surface area contributed by atoms with Gasteiger partial charge in [-0.25, -0.2) is 9.97 Å². The summed E-state index contributed by atoms with van der Waals surface area (Å²) in [6, 6.07) is 20.8. The van der Waals surface area contributed by atoms with Crippen molar-refractivity contribution in [3.05, 3.63) is 83.1 Å². The standard InChI is InChI=1S/C24H17N3O2S2/c1-29-19-7-3-2-6-17(19)27-24(28)15-10-11-16-18(14-15)26-23(21-9-5-13-31-21)22(25-16)20-8-4-12-30-20/h2-14H,1H3,(H,27,28). The highest BCUT2D eigenvalue weighted by atomic mass is 32.1. The van der Waals surface area contributed by atoms with E-state index in [1.807, 2.05) is 53.2 Å². The van der Waals surface area contributed by atoms with E-state index < -0.39 is 0 Å². The van der Waals surface area contributed by atoms with Gasteiger partial charge in [0.2, 0.25) is 0 Å². The van der Waals surface area contributed by atoms with Crippen LogP contribution in [0, 0.1) is 0 Å². The van der Waals surface area contributed by atoms with Crippen LogP contribution >= 0.6 is 22.7 Å². The van der Waals surface area contributed by atoms with Crippen LogP contribution in [0.1, 0.15) is 10.4 Å². The fourth-order valence-electron chi connectivity index (χ4n) is 3.31. The molecular weight excluding hydrogens is 426 g/mol. The van der Waals surface area contributed by atoms with Crippen molar-refractivity contribution in [3.8, 4) is 26.9 Å². The number of carbonyl (C=O) groups excluding carboxylic acids is 1. The van der Waals surface area contributed by atoms with Crippen molar-refractivity contribution in [2.75, 3.05) is 12.4 Å². The van der Waals surface area contributed by atoms with E-state index in [4.69, 9.17) is 14.7 Å². The number of nitrogens with one attached hydrogen (secondary N) is 1. The number of thiophene rings is 2. The van der Waals surface area contributed by atoms with Crippen LogP contribution in [0.2, 0.25) is 0 Å². The zero-order valence-corrected chi connectivity index (χ0v) is 18.2. The van der Waals surface area contributed by atoms with E-state index in [1.54, 1.807) is 54.0 Å². The van der Waals surface area contributed by atoms with Crippen molar-refractivity contribution in [1.29, 1.82) is 0 Å². The van der Waals surface area contributed by atoms with Crippen molar-refractivity contribution in [1.82, 2.24) is 9.97 Å². The maximum Gasteiger partial charge on any atom is 0.255 e. The molecule has 0 radical (unpaired) electrons. The summed E-state index contributed by atoms with van der Waals surface area (Å²) >= 11 is 3.26. The molecule has 152 valence electrons. The summed E-state index contributed by atoms with van der Waals surface area (Å²) < 4.78 is 5.32. The number of nitrogens with zero attached hydrogens (tertiary/aromatic N) is 2. The fourth-order valence-corrected chi connectivity index (χ4v) is 4.74. The van der Waals surface area contributed by atoms with E-state index in [2.05, 4.69) is 5.32 Å². The monoisotopic (exact) mass is 443 g/mol. The Morgan fingerprint density at radius 1 is 0.839 bits per heavy atom. The van der Waals surface area contributed by atoms with Crippen LogP contribution in [0.4, 0.5) is 5.69 Å². The molecule has 0 atom stereocenters. The highest BCUT2D eigenvalue weighted by Crippen LogP contribution is 2.35. The third-order valence-electron chi connectivity index (χ3n) is 4.79. The van der Waals surface area contributed by atoms with Gasteiger partial charge in [0, 0.05) is 5.56 Å². The summed E-state index contributed by atoms with van der Waals surface area (Å²) in [6.07, 6.45) is 0. The normalized spacial score (nSPS) is 10.9. The van der Waals surface area contributed by atoms with Gasteiger partial charge in [-0.1, -0.05) is 24.3 Å². The first kappa shape index (κ1) is 19.4. The second-order valence-corrected chi connectivity index (χ2v) is 8.63. The number of amides is 1. The van der Waals surface area contributed by atoms with Gasteiger partial charge in [0.15, 0.2) is 0 Å². The Balaban J connectivity index is 1.57. The highest BCUT2D eigenvalue weighted by molar-refractivity contribution is 7.14. The smallest absolute Gasteiger partial charge is 0.255 e. The second kappa shape index (κ2) is 8.29. The fraction of sp³-hybridized carbons (Fsp3) is 0.0417. The molecule has 0 aliphatic carbocycles. The molecule has 2 aromatic carbocycles. The van der Waals surface area contributed by atoms with Crippen molar-refractivity contribution < 1.29 is 9.53 Å². The van der Waals surface area contributed by atoms with Gasteiger partial charge < -0.3 is 10.1 Å². The van der Waals surface area contributed by atoms with Crippen LogP contribution < -0.4 is 10.1 Å². The number of carbonyl (C=O) groups is 1. The summed E-state index contributed by atoms with van der Waals surface area (Å²) in [5.41, 5.74) is 4.24. The molecule has 5 aromatic rings. The molecule has 31 heavy (non-hydrogen) atoms. The van der Waals surface area contributed by atoms with Crippen LogP contribution in [0.25, 0.3) is 32.2 Å². The van der Waals surface area contributed by atoms with E-state index in [9.17, 15) is 4.79 Å². The lowest BCUT2D eigenvalue weighted by Crippen LogP contribution is -2.12. The summed E-state index contributed by atoms with van der Waals surface area (Å²) in [7, 11) is 1.58. The van der Waals surface area contributed by atoms with Gasteiger partial charge in [0.1, 0.15) is 17.1 Å². The van der Waals surface area contributed by atoms with Crippen LogP contribution in [0.3, 0.4) is 0 Å². The van der Waals surface area contributed by atoms with Crippen LogP contribution in [0.15, 0.2) is 77.5 Å². The van der Waals surface area contributed by atoms with Gasteiger partial charge in [-0.05, 0) is 53.2 Å². The van der Waals surface area contributed by atoms with E-state index >= 15 is 0 Å². The summed E-state index contributed by atoms with van der Waals surface area (Å²) in [5.74, 6) is 0.380. The van der Waals surface area contributed by atoms with Gasteiger partial charge >= 0.3 is 0 Å². The number of para-hydroxylation sites is 2. The third-order valence-corrected chi connectivity index (χ3v) is 6.54. The van der Waals surface area contributed by atoms with Crippen molar-refractivity contribution in [2.45, 2.75) is 0 Å². The SMILES string of the molecule is COc1ccccc1NC(=O)c1ccc2nc(-c3cccs3)c(-c3cccs3)nc2c1. The molecule has 0 unspecified atom stereocenters. The quantitative estimate of drug-likeness (QED) is 0.344. The zero-order chi connectivity index (χ0) is 21.2. The first-order chi connectivity index (χ1) is 15.2. The van der Waals surface area contributed by atoms with Gasteiger partial charge in [0.25, 0.3) is 5.91 Å². The Hall–Kier alpha value is -3.55. The number of ether oxygens (including phenoxy) is 1. The number of hydrogen-bond donors (Lipinski definition) is 1. The molecule has 3 heterocycles. The van der Waals surface area contributed by atoms with Crippen LogP contribution in [-0.4, -0.2) is 23.0 Å². The molecule has 5 nitrogen and oxygen atoms in total. The molecule has 7 heteroatoms. The molecule has 0 fully saturated rings. The molecule has 0 spiro atoms. The lowest BCUT2D eigenvalue weighted by Gasteiger charge is -2.11. The zero-order valence-electron chi connectivity index (χ0n) is 16.5.